The molecular weight excluding hydrogens is 270 g/mol. The van der Waals surface area contributed by atoms with Crippen LogP contribution in [0, 0.1) is 32.1 Å². The van der Waals surface area contributed by atoms with Crippen LogP contribution in [0.15, 0.2) is 30.3 Å². The Hall–Kier alpha value is -2.47. The molecule has 0 N–H and O–H groups in total. The number of hydrogen-bond donors (Lipinski definition) is 0. The zero-order valence-corrected chi connectivity index (χ0v) is 13.8. The van der Waals surface area contributed by atoms with Gasteiger partial charge in [0.15, 0.2) is 0 Å². The summed E-state index contributed by atoms with van der Waals surface area (Å²) < 4.78 is 0. The Balaban J connectivity index is 2.32. The SMILES string of the molecule is Cc1ccc(C)c(N2c3c(C#N)cccc3N(C)[C@@H]2C)c1C. The average Bonchev–Trinajstić information content (AvgIpc) is 2.77. The molecule has 0 spiro atoms. The predicted molar refractivity (Wildman–Crippen MR) is 91.8 cm³/mol. The first-order valence-electron chi connectivity index (χ1n) is 7.59. The monoisotopic (exact) mass is 291 g/mol. The molecule has 0 aliphatic carbocycles. The minimum Gasteiger partial charge on any atom is -0.352 e. The minimum atomic E-state index is 0.184. The van der Waals surface area contributed by atoms with Crippen LogP contribution in [-0.4, -0.2) is 13.2 Å². The molecule has 0 saturated heterocycles. The molecule has 1 aliphatic rings. The smallest absolute Gasteiger partial charge is 0.103 e. The van der Waals surface area contributed by atoms with E-state index in [-0.39, 0.29) is 6.17 Å². The van der Waals surface area contributed by atoms with Crippen molar-refractivity contribution in [3.05, 3.63) is 52.6 Å². The lowest BCUT2D eigenvalue weighted by Crippen LogP contribution is -2.36. The van der Waals surface area contributed by atoms with Crippen molar-refractivity contribution in [2.24, 2.45) is 0 Å². The van der Waals surface area contributed by atoms with Crippen LogP contribution in [0.4, 0.5) is 17.1 Å². The Morgan fingerprint density at radius 3 is 2.36 bits per heavy atom. The molecule has 0 amide bonds. The van der Waals surface area contributed by atoms with Gasteiger partial charge < -0.3 is 9.80 Å². The summed E-state index contributed by atoms with van der Waals surface area (Å²) in [6.45, 7) is 8.63. The summed E-state index contributed by atoms with van der Waals surface area (Å²) in [6.07, 6.45) is 0.184. The van der Waals surface area contributed by atoms with Crippen LogP contribution in [0.1, 0.15) is 29.2 Å². The maximum absolute atomic E-state index is 9.54. The Morgan fingerprint density at radius 2 is 1.68 bits per heavy atom. The fourth-order valence-corrected chi connectivity index (χ4v) is 3.33. The number of hydrogen-bond acceptors (Lipinski definition) is 3. The summed E-state index contributed by atoms with van der Waals surface area (Å²) in [7, 11) is 2.09. The molecule has 0 aromatic heterocycles. The van der Waals surface area contributed by atoms with Gasteiger partial charge in [0.25, 0.3) is 0 Å². The van der Waals surface area contributed by atoms with Gasteiger partial charge in [0.1, 0.15) is 12.2 Å². The van der Waals surface area contributed by atoms with Crippen LogP contribution in [-0.2, 0) is 0 Å². The fraction of sp³-hybridized carbons (Fsp3) is 0.316. The number of anilines is 3. The normalized spacial score (nSPS) is 16.6. The molecule has 22 heavy (non-hydrogen) atoms. The second-order valence-corrected chi connectivity index (χ2v) is 6.07. The first-order valence-corrected chi connectivity index (χ1v) is 7.59. The Bertz CT molecular complexity index is 786. The average molecular weight is 291 g/mol. The third-order valence-electron chi connectivity index (χ3n) is 4.83. The first kappa shape index (κ1) is 14.5. The molecule has 1 heterocycles. The quantitative estimate of drug-likeness (QED) is 0.779. The fourth-order valence-electron chi connectivity index (χ4n) is 3.33. The van der Waals surface area contributed by atoms with E-state index in [4.69, 9.17) is 0 Å². The van der Waals surface area contributed by atoms with E-state index in [0.29, 0.717) is 0 Å². The molecule has 0 unspecified atom stereocenters. The maximum atomic E-state index is 9.54. The van der Waals surface area contributed by atoms with Crippen LogP contribution < -0.4 is 9.80 Å². The zero-order valence-electron chi connectivity index (χ0n) is 13.8. The van der Waals surface area contributed by atoms with Crippen LogP contribution >= 0.6 is 0 Å². The van der Waals surface area contributed by atoms with Crippen LogP contribution in [0.25, 0.3) is 0 Å². The highest BCUT2D eigenvalue weighted by Gasteiger charge is 2.35. The van der Waals surface area contributed by atoms with Gasteiger partial charge in [0, 0.05) is 12.7 Å². The standard InChI is InChI=1S/C19H21N3/c1-12-9-10-13(2)18(14(12)3)22-15(4)21(5)17-8-6-7-16(11-20)19(17)22/h6-10,15H,1-5H3/t15-/m0/s1. The number of fused-ring (bicyclic) bond motifs is 1. The highest BCUT2D eigenvalue weighted by atomic mass is 15.4. The van der Waals surface area contributed by atoms with E-state index < -0.39 is 0 Å². The molecule has 2 aromatic carbocycles. The molecule has 0 radical (unpaired) electrons. The molecule has 0 fully saturated rings. The maximum Gasteiger partial charge on any atom is 0.103 e. The molecule has 3 rings (SSSR count). The van der Waals surface area contributed by atoms with Crippen molar-refractivity contribution in [1.82, 2.24) is 0 Å². The largest absolute Gasteiger partial charge is 0.352 e. The lowest BCUT2D eigenvalue weighted by Gasteiger charge is -2.31. The van der Waals surface area contributed by atoms with Gasteiger partial charge in [-0.2, -0.15) is 5.26 Å². The van der Waals surface area contributed by atoms with Crippen molar-refractivity contribution in [3.63, 3.8) is 0 Å². The predicted octanol–water partition coefficient (Wildman–Crippen LogP) is 4.42. The van der Waals surface area contributed by atoms with E-state index in [0.717, 1.165) is 16.9 Å². The van der Waals surface area contributed by atoms with Crippen molar-refractivity contribution in [2.75, 3.05) is 16.8 Å². The van der Waals surface area contributed by atoms with E-state index in [1.807, 2.05) is 12.1 Å². The molecule has 2 aromatic rings. The van der Waals surface area contributed by atoms with Gasteiger partial charge in [-0.1, -0.05) is 18.2 Å². The summed E-state index contributed by atoms with van der Waals surface area (Å²) >= 11 is 0. The van der Waals surface area contributed by atoms with E-state index in [1.165, 1.54) is 22.4 Å². The van der Waals surface area contributed by atoms with Gasteiger partial charge in [-0.15, -0.1) is 0 Å². The van der Waals surface area contributed by atoms with Crippen LogP contribution in [0.2, 0.25) is 0 Å². The van der Waals surface area contributed by atoms with Crippen molar-refractivity contribution >= 4 is 17.1 Å². The van der Waals surface area contributed by atoms with E-state index in [1.54, 1.807) is 0 Å². The molecule has 0 bridgehead atoms. The van der Waals surface area contributed by atoms with Gasteiger partial charge in [0.2, 0.25) is 0 Å². The number of para-hydroxylation sites is 1. The summed E-state index contributed by atoms with van der Waals surface area (Å²) in [5.41, 5.74) is 7.89. The Kier molecular flexibility index (Phi) is 3.33. The number of nitriles is 1. The summed E-state index contributed by atoms with van der Waals surface area (Å²) in [5, 5.41) is 9.54. The molecule has 3 heteroatoms. The molecule has 1 atom stereocenters. The Morgan fingerprint density at radius 1 is 1.00 bits per heavy atom. The summed E-state index contributed by atoms with van der Waals surface area (Å²) in [6, 6.07) is 12.6. The first-order chi connectivity index (χ1) is 10.5. The second kappa shape index (κ2) is 5.06. The number of rotatable bonds is 1. The summed E-state index contributed by atoms with van der Waals surface area (Å²) in [4.78, 5) is 4.54. The number of aryl methyl sites for hydroxylation is 2. The highest BCUT2D eigenvalue weighted by molar-refractivity contribution is 5.89. The third kappa shape index (κ3) is 1.88. The van der Waals surface area contributed by atoms with Gasteiger partial charge in [0.05, 0.1) is 16.9 Å². The van der Waals surface area contributed by atoms with Crippen molar-refractivity contribution in [1.29, 1.82) is 5.26 Å². The third-order valence-corrected chi connectivity index (χ3v) is 4.83. The van der Waals surface area contributed by atoms with E-state index in [2.05, 4.69) is 68.8 Å². The zero-order chi connectivity index (χ0) is 16.0. The highest BCUT2D eigenvalue weighted by Crippen LogP contribution is 2.47. The van der Waals surface area contributed by atoms with Crippen LogP contribution in [0.3, 0.4) is 0 Å². The van der Waals surface area contributed by atoms with Gasteiger partial charge in [-0.3, -0.25) is 0 Å². The van der Waals surface area contributed by atoms with Crippen molar-refractivity contribution in [2.45, 2.75) is 33.9 Å². The van der Waals surface area contributed by atoms with Gasteiger partial charge in [-0.25, -0.2) is 0 Å². The van der Waals surface area contributed by atoms with E-state index in [9.17, 15) is 5.26 Å². The molecule has 0 saturated carbocycles. The lowest BCUT2D eigenvalue weighted by atomic mass is 10.0. The molecular formula is C19H21N3. The molecule has 3 nitrogen and oxygen atoms in total. The van der Waals surface area contributed by atoms with E-state index >= 15 is 0 Å². The lowest BCUT2D eigenvalue weighted by molar-refractivity contribution is 0.730. The van der Waals surface area contributed by atoms with Gasteiger partial charge >= 0.3 is 0 Å². The van der Waals surface area contributed by atoms with Crippen molar-refractivity contribution in [3.8, 4) is 6.07 Å². The number of nitrogens with zero attached hydrogens (tertiary/aromatic N) is 3. The minimum absolute atomic E-state index is 0.184. The number of benzene rings is 2. The molecule has 1 aliphatic heterocycles. The topological polar surface area (TPSA) is 30.3 Å². The molecule has 112 valence electrons. The van der Waals surface area contributed by atoms with Crippen molar-refractivity contribution < 1.29 is 0 Å². The second-order valence-electron chi connectivity index (χ2n) is 6.07. The van der Waals surface area contributed by atoms with Crippen LogP contribution in [0.5, 0.6) is 0 Å². The summed E-state index contributed by atoms with van der Waals surface area (Å²) in [5.74, 6) is 0. The van der Waals surface area contributed by atoms with Gasteiger partial charge in [-0.05, 0) is 56.5 Å². The Labute approximate surface area is 132 Å².